The molecule has 1 atom stereocenters. The van der Waals surface area contributed by atoms with E-state index in [1.165, 1.54) is 11.0 Å². The zero-order valence-corrected chi connectivity index (χ0v) is 15.4. The summed E-state index contributed by atoms with van der Waals surface area (Å²) in [4.78, 5) is 28.0. The van der Waals surface area contributed by atoms with Crippen LogP contribution in [0.25, 0.3) is 0 Å². The number of amides is 1. The molecule has 0 bridgehead atoms. The Balaban J connectivity index is 0.00000242. The molecule has 1 fully saturated rings. The molecule has 2 rings (SSSR count). The van der Waals surface area contributed by atoms with E-state index in [-0.39, 0.29) is 47.5 Å². The largest absolute Gasteiger partial charge is 1.00 e. The summed E-state index contributed by atoms with van der Waals surface area (Å²) in [6, 6.07) is -0.105. The van der Waals surface area contributed by atoms with Crippen LogP contribution in [0.5, 0.6) is 0 Å². The number of rotatable bonds is 2. The Morgan fingerprint density at radius 3 is 2.64 bits per heavy atom. The van der Waals surface area contributed by atoms with E-state index in [2.05, 4.69) is 10.1 Å². The number of hydrogen-bond acceptors (Lipinski definition) is 6. The maximum Gasteiger partial charge on any atom is 1.00 e. The Bertz CT molecular complexity index is 540. The van der Waals surface area contributed by atoms with Crippen molar-refractivity contribution in [2.75, 3.05) is 13.1 Å². The summed E-state index contributed by atoms with van der Waals surface area (Å²) in [5.41, 5.74) is -0.542. The predicted octanol–water partition coefficient (Wildman–Crippen LogP) is -2.78. The zero-order valence-electron chi connectivity index (χ0n) is 13.4. The van der Waals surface area contributed by atoms with Gasteiger partial charge in [0.2, 0.25) is 0 Å². The second-order valence-electron chi connectivity index (χ2n) is 6.06. The van der Waals surface area contributed by atoms with Gasteiger partial charge in [0.15, 0.2) is 5.82 Å². The summed E-state index contributed by atoms with van der Waals surface area (Å²) in [7, 11) is 0. The van der Waals surface area contributed by atoms with E-state index in [9.17, 15) is 14.7 Å². The van der Waals surface area contributed by atoms with Gasteiger partial charge in [0.1, 0.15) is 17.9 Å². The first kappa shape index (κ1) is 18.9. The number of piperidine rings is 1. The molecule has 22 heavy (non-hydrogen) atoms. The molecule has 0 saturated carbocycles. The Morgan fingerprint density at radius 2 is 2.09 bits per heavy atom. The molecule has 1 amide bonds. The summed E-state index contributed by atoms with van der Waals surface area (Å²) >= 11 is 0. The van der Waals surface area contributed by atoms with Crippen LogP contribution in [0, 0.1) is 0 Å². The van der Waals surface area contributed by atoms with E-state index in [4.69, 9.17) is 4.74 Å². The monoisotopic (exact) mass is 318 g/mol. The fraction of sp³-hybridized carbons (Fsp3) is 0.692. The third kappa shape index (κ3) is 4.96. The van der Waals surface area contributed by atoms with Gasteiger partial charge in [-0.25, -0.2) is 14.5 Å². The molecule has 1 aliphatic rings. The average molecular weight is 318 g/mol. The van der Waals surface area contributed by atoms with Crippen LogP contribution in [0.2, 0.25) is 0 Å². The molecule has 8 nitrogen and oxygen atoms in total. The minimum absolute atomic E-state index is 0. The number of ether oxygens (including phenoxy) is 1. The number of carboxylic acids is 1. The second kappa shape index (κ2) is 7.43. The van der Waals surface area contributed by atoms with Crippen molar-refractivity contribution in [3.8, 4) is 0 Å². The van der Waals surface area contributed by atoms with E-state index in [1.54, 1.807) is 4.90 Å². The van der Waals surface area contributed by atoms with Gasteiger partial charge in [-0.3, -0.25) is 0 Å². The summed E-state index contributed by atoms with van der Waals surface area (Å²) in [5.74, 6) is -1.75. The molecule has 0 spiro atoms. The molecule has 2 heterocycles. The molecule has 116 valence electrons. The van der Waals surface area contributed by atoms with Crippen molar-refractivity contribution in [2.24, 2.45) is 0 Å². The molecule has 0 aliphatic carbocycles. The Morgan fingerprint density at radius 1 is 1.41 bits per heavy atom. The third-order valence-electron chi connectivity index (χ3n) is 3.11. The number of nitrogens with zero attached hydrogens (tertiary/aromatic N) is 4. The van der Waals surface area contributed by atoms with E-state index in [0.29, 0.717) is 13.1 Å². The van der Waals surface area contributed by atoms with Gasteiger partial charge >= 0.3 is 35.7 Å². The normalized spacial score (nSPS) is 18.5. The van der Waals surface area contributed by atoms with Gasteiger partial charge in [-0.15, -0.1) is 5.10 Å². The van der Waals surface area contributed by atoms with Crippen molar-refractivity contribution >= 4 is 12.1 Å². The predicted molar refractivity (Wildman–Crippen MR) is 70.4 cm³/mol. The van der Waals surface area contributed by atoms with Crippen molar-refractivity contribution in [2.45, 2.75) is 45.3 Å². The van der Waals surface area contributed by atoms with E-state index >= 15 is 0 Å². The third-order valence-corrected chi connectivity index (χ3v) is 3.11. The summed E-state index contributed by atoms with van der Waals surface area (Å²) < 4.78 is 6.82. The minimum atomic E-state index is -1.41. The minimum Gasteiger partial charge on any atom is -0.541 e. The fourth-order valence-corrected chi connectivity index (χ4v) is 2.21. The molecule has 1 unspecified atom stereocenters. The van der Waals surface area contributed by atoms with Crippen LogP contribution in [0.1, 0.15) is 50.3 Å². The fourth-order valence-electron chi connectivity index (χ4n) is 2.21. The quantitative estimate of drug-likeness (QED) is 0.547. The van der Waals surface area contributed by atoms with Crippen LogP contribution in [0.15, 0.2) is 6.33 Å². The maximum atomic E-state index is 12.1. The molecule has 1 aromatic heterocycles. The Kier molecular flexibility index (Phi) is 6.39. The van der Waals surface area contributed by atoms with Crippen molar-refractivity contribution in [3.05, 3.63) is 12.2 Å². The van der Waals surface area contributed by atoms with Gasteiger partial charge in [0.05, 0.1) is 6.04 Å². The molecule has 1 saturated heterocycles. The summed E-state index contributed by atoms with van der Waals surface area (Å²) in [6.45, 7) is 6.49. The first-order valence-electron chi connectivity index (χ1n) is 6.86. The standard InChI is InChI=1S/C13H20N4O4.Na/c1-13(2,3)21-12(20)16-6-4-5-9(7-16)17-8-14-10(15-17)11(18)19;/h8-9H,4-7H2,1-3H3,(H,18,19);/q;+1/p-1. The average Bonchev–Trinajstić information content (AvgIpc) is 2.86. The number of aromatic nitrogens is 3. The molecular weight excluding hydrogens is 299 g/mol. The van der Waals surface area contributed by atoms with Gasteiger partial charge in [-0.2, -0.15) is 0 Å². The molecule has 0 radical (unpaired) electrons. The molecule has 0 aromatic carbocycles. The van der Waals surface area contributed by atoms with Gasteiger partial charge in [-0.1, -0.05) is 0 Å². The molecule has 9 heteroatoms. The number of hydrogen-bond donors (Lipinski definition) is 0. The zero-order chi connectivity index (χ0) is 15.6. The Labute approximate surface area is 151 Å². The number of likely N-dealkylation sites (tertiary alicyclic amines) is 1. The van der Waals surface area contributed by atoms with Gasteiger partial charge in [0, 0.05) is 13.1 Å². The smallest absolute Gasteiger partial charge is 0.541 e. The SMILES string of the molecule is CC(C)(C)OC(=O)N1CCCC(n2cnc(C(=O)[O-])n2)C1.[Na+]. The van der Waals surface area contributed by atoms with Crippen LogP contribution >= 0.6 is 0 Å². The van der Waals surface area contributed by atoms with Crippen molar-refractivity contribution in [1.29, 1.82) is 0 Å². The topological polar surface area (TPSA) is 100 Å². The van der Waals surface area contributed by atoms with E-state index < -0.39 is 11.6 Å². The molecule has 0 N–H and O–H groups in total. The molecular formula is C13H19N4NaO4. The van der Waals surface area contributed by atoms with Crippen LogP contribution < -0.4 is 34.7 Å². The second-order valence-corrected chi connectivity index (χ2v) is 6.06. The van der Waals surface area contributed by atoms with Gasteiger partial charge in [-0.05, 0) is 33.6 Å². The number of carbonyl (C=O) groups is 2. The van der Waals surface area contributed by atoms with Crippen LogP contribution in [0.3, 0.4) is 0 Å². The van der Waals surface area contributed by atoms with Gasteiger partial charge in [0.25, 0.3) is 0 Å². The van der Waals surface area contributed by atoms with Crippen LogP contribution in [-0.4, -0.2) is 50.4 Å². The number of carbonyl (C=O) groups excluding carboxylic acids is 2. The summed E-state index contributed by atoms with van der Waals surface area (Å²) in [6.07, 6.45) is 2.58. The molecule has 1 aromatic rings. The maximum absolute atomic E-state index is 12.1. The molecule has 1 aliphatic heterocycles. The van der Waals surface area contributed by atoms with Crippen LogP contribution in [0.4, 0.5) is 4.79 Å². The first-order chi connectivity index (χ1) is 9.76. The van der Waals surface area contributed by atoms with Crippen LogP contribution in [-0.2, 0) is 4.74 Å². The van der Waals surface area contributed by atoms with Gasteiger partial charge < -0.3 is 19.5 Å². The summed E-state index contributed by atoms with van der Waals surface area (Å²) in [5, 5.41) is 14.6. The van der Waals surface area contributed by atoms with E-state index in [1.807, 2.05) is 20.8 Å². The number of carboxylic acid groups (broad SMARTS) is 1. The first-order valence-corrected chi connectivity index (χ1v) is 6.86. The van der Waals surface area contributed by atoms with Crippen molar-refractivity contribution < 1.29 is 49.0 Å². The number of aromatic carboxylic acids is 1. The van der Waals surface area contributed by atoms with Crippen molar-refractivity contribution in [3.63, 3.8) is 0 Å². The van der Waals surface area contributed by atoms with Crippen molar-refractivity contribution in [1.82, 2.24) is 19.7 Å². The Hall–Kier alpha value is -1.12. The van der Waals surface area contributed by atoms with E-state index in [0.717, 1.165) is 12.8 Å².